The zero-order valence-corrected chi connectivity index (χ0v) is 18.3. The van der Waals surface area contributed by atoms with E-state index in [0.29, 0.717) is 17.3 Å². The van der Waals surface area contributed by atoms with Gasteiger partial charge in [-0.3, -0.25) is 0 Å². The molecule has 1 aliphatic rings. The van der Waals surface area contributed by atoms with E-state index in [2.05, 4.69) is 30.5 Å². The Balaban J connectivity index is 1.94. The SMILES string of the molecule is [2H]c1c(C)[n+](C)c(-c2cc(C3CCCC3)cc(C)c2C)c2c1ccc1c(F)cccc12. The van der Waals surface area contributed by atoms with Gasteiger partial charge < -0.3 is 0 Å². The highest BCUT2D eigenvalue weighted by molar-refractivity contribution is 6.13. The molecule has 152 valence electrons. The summed E-state index contributed by atoms with van der Waals surface area (Å²) in [7, 11) is 2.04. The average molecular weight is 400 g/mol. The summed E-state index contributed by atoms with van der Waals surface area (Å²) in [6, 6.07) is 14.3. The number of benzene rings is 3. The largest absolute Gasteiger partial charge is 0.221 e. The molecule has 1 aromatic heterocycles. The van der Waals surface area contributed by atoms with Gasteiger partial charge in [0.05, 0.1) is 12.3 Å². The second-order valence-electron chi connectivity index (χ2n) is 8.93. The van der Waals surface area contributed by atoms with Gasteiger partial charge in [0, 0.05) is 18.4 Å². The van der Waals surface area contributed by atoms with Gasteiger partial charge >= 0.3 is 0 Å². The summed E-state index contributed by atoms with van der Waals surface area (Å²) in [6.45, 7) is 6.39. The summed E-state index contributed by atoms with van der Waals surface area (Å²) in [5.74, 6) is 0.410. The summed E-state index contributed by atoms with van der Waals surface area (Å²) in [5, 5.41) is 3.34. The zero-order valence-electron chi connectivity index (χ0n) is 19.3. The van der Waals surface area contributed by atoms with Crippen molar-refractivity contribution in [3.05, 3.63) is 76.7 Å². The Kier molecular flexibility index (Phi) is 4.33. The van der Waals surface area contributed by atoms with Crippen LogP contribution in [0.15, 0.2) is 48.5 Å². The number of aromatic nitrogens is 1. The van der Waals surface area contributed by atoms with Crippen LogP contribution in [-0.2, 0) is 7.05 Å². The molecule has 0 saturated heterocycles. The van der Waals surface area contributed by atoms with Crippen LogP contribution < -0.4 is 4.57 Å². The van der Waals surface area contributed by atoms with Gasteiger partial charge in [0.15, 0.2) is 5.69 Å². The smallest absolute Gasteiger partial charge is 0.206 e. The minimum absolute atomic E-state index is 0.215. The molecular formula is C28H29FN+. The molecule has 0 N–H and O–H groups in total. The molecule has 1 heterocycles. The fraction of sp³-hybridized carbons (Fsp3) is 0.321. The highest BCUT2D eigenvalue weighted by Gasteiger charge is 2.25. The third kappa shape index (κ3) is 2.93. The van der Waals surface area contributed by atoms with Gasteiger partial charge in [-0.05, 0) is 72.2 Å². The number of rotatable bonds is 2. The Morgan fingerprint density at radius 3 is 2.53 bits per heavy atom. The predicted molar refractivity (Wildman–Crippen MR) is 123 cm³/mol. The average Bonchev–Trinajstić information content (AvgIpc) is 3.30. The molecule has 0 bridgehead atoms. The van der Waals surface area contributed by atoms with Crippen molar-refractivity contribution in [3.63, 3.8) is 0 Å². The molecule has 2 heteroatoms. The van der Waals surface area contributed by atoms with Crippen LogP contribution in [0.3, 0.4) is 0 Å². The van der Waals surface area contributed by atoms with E-state index in [1.54, 1.807) is 6.07 Å². The van der Waals surface area contributed by atoms with E-state index in [1.165, 1.54) is 54.0 Å². The Labute approximate surface area is 179 Å². The van der Waals surface area contributed by atoms with Gasteiger partial charge in [0.2, 0.25) is 5.69 Å². The predicted octanol–water partition coefficient (Wildman–Crippen LogP) is 7.21. The topological polar surface area (TPSA) is 3.88 Å². The standard InChI is InChI=1S/C28H29FN/c1-17-14-22(20-8-5-6-9-20)16-25(19(17)3)28-27-21(15-18(2)30(28)4)12-13-23-24(27)10-7-11-26(23)29/h7,10-16,20H,5-6,8-9H2,1-4H3/q+1/i15D. The van der Waals surface area contributed by atoms with E-state index in [4.69, 9.17) is 1.37 Å². The van der Waals surface area contributed by atoms with E-state index < -0.39 is 0 Å². The lowest BCUT2D eigenvalue weighted by Gasteiger charge is -2.17. The molecule has 1 saturated carbocycles. The number of hydrogen-bond acceptors (Lipinski definition) is 0. The maximum absolute atomic E-state index is 14.7. The first kappa shape index (κ1) is 18.1. The van der Waals surface area contributed by atoms with Crippen molar-refractivity contribution in [1.82, 2.24) is 0 Å². The first-order valence-electron chi connectivity index (χ1n) is 11.5. The summed E-state index contributed by atoms with van der Waals surface area (Å²) >= 11 is 0. The molecule has 5 rings (SSSR count). The van der Waals surface area contributed by atoms with Crippen molar-refractivity contribution >= 4 is 21.5 Å². The summed E-state index contributed by atoms with van der Waals surface area (Å²) in [6.07, 6.45) is 5.13. The molecule has 3 aromatic carbocycles. The normalized spacial score (nSPS) is 15.3. The van der Waals surface area contributed by atoms with E-state index in [0.717, 1.165) is 27.5 Å². The fourth-order valence-electron chi connectivity index (χ4n) is 5.24. The van der Waals surface area contributed by atoms with Crippen molar-refractivity contribution in [2.75, 3.05) is 0 Å². The Morgan fingerprint density at radius 1 is 1.00 bits per heavy atom. The number of pyridine rings is 1. The summed E-state index contributed by atoms with van der Waals surface area (Å²) in [5.41, 5.74) is 7.18. The number of fused-ring (bicyclic) bond motifs is 3. The maximum atomic E-state index is 14.7. The minimum Gasteiger partial charge on any atom is -0.206 e. The van der Waals surface area contributed by atoms with Crippen LogP contribution in [-0.4, -0.2) is 0 Å². The van der Waals surface area contributed by atoms with E-state index >= 15 is 0 Å². The lowest BCUT2D eigenvalue weighted by Crippen LogP contribution is -2.35. The summed E-state index contributed by atoms with van der Waals surface area (Å²) < 4.78 is 25.6. The van der Waals surface area contributed by atoms with Crippen molar-refractivity contribution in [2.45, 2.75) is 52.4 Å². The molecule has 1 fully saturated rings. The van der Waals surface area contributed by atoms with Crippen LogP contribution in [0.25, 0.3) is 32.8 Å². The van der Waals surface area contributed by atoms with Crippen molar-refractivity contribution in [2.24, 2.45) is 7.05 Å². The van der Waals surface area contributed by atoms with E-state index in [1.807, 2.05) is 32.2 Å². The molecule has 0 spiro atoms. The van der Waals surface area contributed by atoms with Crippen LogP contribution in [0.4, 0.5) is 4.39 Å². The van der Waals surface area contributed by atoms with Gasteiger partial charge in [-0.25, -0.2) is 4.39 Å². The molecule has 1 nitrogen and oxygen atoms in total. The number of nitrogens with zero attached hydrogens (tertiary/aromatic N) is 1. The number of aryl methyl sites for hydroxylation is 1. The third-order valence-corrected chi connectivity index (χ3v) is 7.17. The van der Waals surface area contributed by atoms with Crippen molar-refractivity contribution < 1.29 is 10.3 Å². The minimum atomic E-state index is -0.215. The maximum Gasteiger partial charge on any atom is 0.221 e. The molecule has 30 heavy (non-hydrogen) atoms. The van der Waals surface area contributed by atoms with Gasteiger partial charge in [-0.1, -0.05) is 43.2 Å². The monoisotopic (exact) mass is 399 g/mol. The molecule has 0 atom stereocenters. The van der Waals surface area contributed by atoms with Crippen molar-refractivity contribution in [1.29, 1.82) is 0 Å². The Morgan fingerprint density at radius 2 is 1.77 bits per heavy atom. The highest BCUT2D eigenvalue weighted by atomic mass is 19.1. The lowest BCUT2D eigenvalue weighted by atomic mass is 9.88. The molecule has 0 aliphatic heterocycles. The van der Waals surface area contributed by atoms with Crippen LogP contribution >= 0.6 is 0 Å². The van der Waals surface area contributed by atoms with Crippen LogP contribution in [0.2, 0.25) is 0 Å². The van der Waals surface area contributed by atoms with E-state index in [-0.39, 0.29) is 5.82 Å². The molecule has 0 radical (unpaired) electrons. The second kappa shape index (κ2) is 7.19. The highest BCUT2D eigenvalue weighted by Crippen LogP contribution is 2.40. The van der Waals surface area contributed by atoms with Crippen LogP contribution in [0.1, 0.15) is 55.4 Å². The fourth-order valence-corrected chi connectivity index (χ4v) is 5.24. The van der Waals surface area contributed by atoms with E-state index in [9.17, 15) is 4.39 Å². The van der Waals surface area contributed by atoms with Gasteiger partial charge in [-0.2, -0.15) is 4.57 Å². The Bertz CT molecular complexity index is 1350. The number of hydrogen-bond donors (Lipinski definition) is 0. The first-order valence-corrected chi connectivity index (χ1v) is 11.0. The molecular weight excluding hydrogens is 369 g/mol. The van der Waals surface area contributed by atoms with Gasteiger partial charge in [0.25, 0.3) is 0 Å². The Hall–Kier alpha value is -2.74. The van der Waals surface area contributed by atoms with Crippen LogP contribution in [0.5, 0.6) is 0 Å². The van der Waals surface area contributed by atoms with Crippen LogP contribution in [0, 0.1) is 26.6 Å². The molecule has 0 amide bonds. The molecule has 1 aliphatic carbocycles. The molecule has 4 aromatic rings. The second-order valence-corrected chi connectivity index (χ2v) is 8.93. The lowest BCUT2D eigenvalue weighted by molar-refractivity contribution is -0.665. The summed E-state index contributed by atoms with van der Waals surface area (Å²) in [4.78, 5) is 0. The quantitative estimate of drug-likeness (QED) is 0.248. The van der Waals surface area contributed by atoms with Gasteiger partial charge in [-0.15, -0.1) is 0 Å². The third-order valence-electron chi connectivity index (χ3n) is 7.17. The zero-order chi connectivity index (χ0) is 21.9. The molecule has 0 unspecified atom stereocenters. The van der Waals surface area contributed by atoms with Crippen molar-refractivity contribution in [3.8, 4) is 11.3 Å². The van der Waals surface area contributed by atoms with Gasteiger partial charge in [0.1, 0.15) is 12.9 Å². The first-order chi connectivity index (χ1) is 14.9. The number of halogens is 1.